The highest BCUT2D eigenvalue weighted by molar-refractivity contribution is 5.73. The first-order valence-electron chi connectivity index (χ1n) is 9.44. The van der Waals surface area contributed by atoms with E-state index < -0.39 is 0 Å². The van der Waals surface area contributed by atoms with Crippen LogP contribution in [0.2, 0.25) is 0 Å². The first-order chi connectivity index (χ1) is 14.6. The summed E-state index contributed by atoms with van der Waals surface area (Å²) in [5, 5.41) is 3.19. The molecule has 3 aromatic rings. The summed E-state index contributed by atoms with van der Waals surface area (Å²) in [6.07, 6.45) is 0.715. The van der Waals surface area contributed by atoms with Crippen molar-refractivity contribution < 1.29 is 18.9 Å². The van der Waals surface area contributed by atoms with Crippen molar-refractivity contribution in [2.24, 2.45) is 0 Å². The van der Waals surface area contributed by atoms with Crippen LogP contribution in [0.15, 0.2) is 41.2 Å². The van der Waals surface area contributed by atoms with Crippen LogP contribution in [0.1, 0.15) is 5.56 Å². The Bertz CT molecular complexity index is 1160. The first kappa shape index (κ1) is 19.6. The highest BCUT2D eigenvalue weighted by Crippen LogP contribution is 2.38. The summed E-state index contributed by atoms with van der Waals surface area (Å²) in [7, 11) is 6.36. The molecule has 0 spiro atoms. The molecule has 0 unspecified atom stereocenters. The molecule has 0 bridgehead atoms. The fraction of sp³-hybridized carbons (Fsp3) is 0.273. The van der Waals surface area contributed by atoms with Crippen LogP contribution in [0.4, 0.5) is 11.5 Å². The molecule has 8 heteroatoms. The number of hydrogen-bond acceptors (Lipinski definition) is 7. The number of aryl methyl sites for hydroxylation is 1. The molecule has 2 heterocycles. The van der Waals surface area contributed by atoms with E-state index in [0.29, 0.717) is 41.8 Å². The van der Waals surface area contributed by atoms with E-state index >= 15 is 0 Å². The predicted molar refractivity (Wildman–Crippen MR) is 114 cm³/mol. The monoisotopic (exact) mass is 409 g/mol. The third-order valence-corrected chi connectivity index (χ3v) is 5.16. The largest absolute Gasteiger partial charge is 0.493 e. The number of nitrogens with zero attached hydrogens (tertiary/aromatic N) is 2. The molecule has 1 aliphatic rings. The maximum Gasteiger partial charge on any atom is 0.350 e. The molecule has 4 rings (SSSR count). The van der Waals surface area contributed by atoms with E-state index in [1.807, 2.05) is 24.3 Å². The average molecular weight is 409 g/mol. The van der Waals surface area contributed by atoms with Gasteiger partial charge in [0.25, 0.3) is 0 Å². The van der Waals surface area contributed by atoms with Crippen molar-refractivity contribution in [3.05, 3.63) is 52.4 Å². The molecule has 156 valence electrons. The SMILES string of the molecule is COc1ccc(Nc2cc3n(c(=O)n2)CCc2cc(OC)c(OC)cc2-3)cc1OC. The Labute approximate surface area is 174 Å². The minimum Gasteiger partial charge on any atom is -0.493 e. The minimum atomic E-state index is -0.309. The number of fused-ring (bicyclic) bond motifs is 3. The Morgan fingerprint density at radius 2 is 1.53 bits per heavy atom. The summed E-state index contributed by atoms with van der Waals surface area (Å²) in [6, 6.07) is 11.1. The Morgan fingerprint density at radius 1 is 0.867 bits per heavy atom. The van der Waals surface area contributed by atoms with Crippen molar-refractivity contribution >= 4 is 11.5 Å². The predicted octanol–water partition coefficient (Wildman–Crippen LogP) is 3.24. The van der Waals surface area contributed by atoms with Gasteiger partial charge in [0.1, 0.15) is 5.82 Å². The average Bonchev–Trinajstić information content (AvgIpc) is 2.77. The summed E-state index contributed by atoms with van der Waals surface area (Å²) in [6.45, 7) is 0.556. The highest BCUT2D eigenvalue weighted by Gasteiger charge is 2.21. The lowest BCUT2D eigenvalue weighted by molar-refractivity contribution is 0.354. The van der Waals surface area contributed by atoms with Crippen LogP contribution >= 0.6 is 0 Å². The van der Waals surface area contributed by atoms with Crippen molar-refractivity contribution in [1.29, 1.82) is 0 Å². The number of aromatic nitrogens is 2. The maximum absolute atomic E-state index is 12.7. The zero-order valence-electron chi connectivity index (χ0n) is 17.3. The Morgan fingerprint density at radius 3 is 2.23 bits per heavy atom. The fourth-order valence-corrected chi connectivity index (χ4v) is 3.67. The lowest BCUT2D eigenvalue weighted by Gasteiger charge is -2.23. The van der Waals surface area contributed by atoms with E-state index in [1.165, 1.54) is 0 Å². The minimum absolute atomic E-state index is 0.309. The van der Waals surface area contributed by atoms with Crippen molar-refractivity contribution in [3.63, 3.8) is 0 Å². The zero-order valence-corrected chi connectivity index (χ0v) is 17.3. The Kier molecular flexibility index (Phi) is 5.22. The standard InChI is InChI=1S/C22H23N3O5/c1-27-17-6-5-14(10-19(17)29-3)23-21-12-16-15-11-20(30-4)18(28-2)9-13(15)7-8-25(16)22(26)24-21/h5-6,9-12H,7-8H2,1-4H3,(H,23,24,26). The number of nitrogens with one attached hydrogen (secondary N) is 1. The van der Waals surface area contributed by atoms with Gasteiger partial charge in [-0.1, -0.05) is 0 Å². The summed E-state index contributed by atoms with van der Waals surface area (Å²) >= 11 is 0. The van der Waals surface area contributed by atoms with Crippen LogP contribution in [0, 0.1) is 0 Å². The molecule has 30 heavy (non-hydrogen) atoms. The first-order valence-corrected chi connectivity index (χ1v) is 9.44. The van der Waals surface area contributed by atoms with Gasteiger partial charge < -0.3 is 24.3 Å². The third-order valence-electron chi connectivity index (χ3n) is 5.16. The van der Waals surface area contributed by atoms with Gasteiger partial charge in [-0.3, -0.25) is 4.57 Å². The van der Waals surface area contributed by atoms with Gasteiger partial charge in [0.15, 0.2) is 23.0 Å². The lowest BCUT2D eigenvalue weighted by atomic mass is 9.97. The van der Waals surface area contributed by atoms with E-state index in [-0.39, 0.29) is 5.69 Å². The van der Waals surface area contributed by atoms with Gasteiger partial charge in [-0.05, 0) is 36.2 Å². The molecular formula is C22H23N3O5. The Balaban J connectivity index is 1.77. The number of ether oxygens (including phenoxy) is 4. The molecule has 2 aromatic carbocycles. The number of rotatable bonds is 6. The second-order valence-electron chi connectivity index (χ2n) is 6.77. The van der Waals surface area contributed by atoms with Crippen molar-refractivity contribution in [1.82, 2.24) is 9.55 Å². The second kappa shape index (κ2) is 7.98. The van der Waals surface area contributed by atoms with Gasteiger partial charge in [0.2, 0.25) is 0 Å². The van der Waals surface area contributed by atoms with Gasteiger partial charge in [-0.25, -0.2) is 4.79 Å². The molecule has 0 fully saturated rings. The van der Waals surface area contributed by atoms with Crippen LogP contribution in [0.25, 0.3) is 11.3 Å². The zero-order chi connectivity index (χ0) is 21.3. The molecule has 0 amide bonds. The van der Waals surface area contributed by atoms with E-state index in [1.54, 1.807) is 45.1 Å². The van der Waals surface area contributed by atoms with Gasteiger partial charge in [0, 0.05) is 29.9 Å². The molecule has 0 radical (unpaired) electrons. The van der Waals surface area contributed by atoms with Crippen LogP contribution in [0.5, 0.6) is 23.0 Å². The summed E-state index contributed by atoms with van der Waals surface area (Å²) in [5.41, 5.74) is 3.22. The quantitative estimate of drug-likeness (QED) is 0.669. The third kappa shape index (κ3) is 3.41. The normalized spacial score (nSPS) is 11.9. The molecule has 8 nitrogen and oxygen atoms in total. The van der Waals surface area contributed by atoms with Gasteiger partial charge in [-0.15, -0.1) is 0 Å². The molecular weight excluding hydrogens is 386 g/mol. The van der Waals surface area contributed by atoms with Crippen molar-refractivity contribution in [2.75, 3.05) is 33.8 Å². The molecule has 1 aromatic heterocycles. The molecule has 0 atom stereocenters. The van der Waals surface area contributed by atoms with E-state index in [4.69, 9.17) is 18.9 Å². The van der Waals surface area contributed by atoms with Crippen molar-refractivity contribution in [2.45, 2.75) is 13.0 Å². The second-order valence-corrected chi connectivity index (χ2v) is 6.77. The molecule has 0 saturated carbocycles. The fourth-order valence-electron chi connectivity index (χ4n) is 3.67. The molecule has 0 aliphatic carbocycles. The van der Waals surface area contributed by atoms with Crippen LogP contribution < -0.4 is 30.0 Å². The van der Waals surface area contributed by atoms with Gasteiger partial charge in [0.05, 0.1) is 34.1 Å². The maximum atomic E-state index is 12.7. The van der Waals surface area contributed by atoms with Crippen LogP contribution in [-0.2, 0) is 13.0 Å². The van der Waals surface area contributed by atoms with Crippen molar-refractivity contribution in [3.8, 4) is 34.3 Å². The lowest BCUT2D eigenvalue weighted by Crippen LogP contribution is -2.28. The van der Waals surface area contributed by atoms with Gasteiger partial charge in [-0.2, -0.15) is 4.98 Å². The van der Waals surface area contributed by atoms with Crippen LogP contribution in [-0.4, -0.2) is 38.0 Å². The molecule has 1 aliphatic heterocycles. The smallest absolute Gasteiger partial charge is 0.350 e. The van der Waals surface area contributed by atoms with Gasteiger partial charge >= 0.3 is 5.69 Å². The van der Waals surface area contributed by atoms with Crippen LogP contribution in [0.3, 0.4) is 0 Å². The highest BCUT2D eigenvalue weighted by atomic mass is 16.5. The molecule has 0 saturated heterocycles. The number of methoxy groups -OCH3 is 4. The number of hydrogen-bond donors (Lipinski definition) is 1. The van der Waals surface area contributed by atoms with E-state index in [9.17, 15) is 4.79 Å². The van der Waals surface area contributed by atoms with E-state index in [0.717, 1.165) is 22.5 Å². The number of anilines is 2. The summed E-state index contributed by atoms with van der Waals surface area (Å²) in [5.74, 6) is 2.94. The summed E-state index contributed by atoms with van der Waals surface area (Å²) in [4.78, 5) is 16.9. The Hall–Kier alpha value is -3.68. The number of benzene rings is 2. The summed E-state index contributed by atoms with van der Waals surface area (Å²) < 4.78 is 23.2. The molecule has 1 N–H and O–H groups in total. The van der Waals surface area contributed by atoms with E-state index in [2.05, 4.69) is 10.3 Å². The topological polar surface area (TPSA) is 83.8 Å².